The van der Waals surface area contributed by atoms with E-state index in [0.717, 1.165) is 71.0 Å². The van der Waals surface area contributed by atoms with E-state index in [0.29, 0.717) is 11.4 Å². The molecule has 0 bridgehead atoms. The van der Waals surface area contributed by atoms with E-state index in [-0.39, 0.29) is 23.6 Å². The van der Waals surface area contributed by atoms with Crippen molar-refractivity contribution in [2.45, 2.75) is 57.2 Å². The summed E-state index contributed by atoms with van der Waals surface area (Å²) in [7, 11) is 0. The van der Waals surface area contributed by atoms with Crippen LogP contribution in [0.3, 0.4) is 0 Å². The van der Waals surface area contributed by atoms with E-state index >= 15 is 0 Å². The lowest BCUT2D eigenvalue weighted by atomic mass is 10.0. The molecule has 8 heteroatoms. The number of pyridine rings is 1. The van der Waals surface area contributed by atoms with Crippen LogP contribution in [0.25, 0.3) is 0 Å². The molecular weight excluding hydrogens is 498 g/mol. The third-order valence-corrected chi connectivity index (χ3v) is 7.62. The summed E-state index contributed by atoms with van der Waals surface area (Å²) >= 11 is 0. The van der Waals surface area contributed by atoms with Gasteiger partial charge in [0.1, 0.15) is 17.5 Å². The highest BCUT2D eigenvalue weighted by atomic mass is 19.3. The number of halogens is 2. The molecule has 2 fully saturated rings. The minimum absolute atomic E-state index is 0.0262. The number of anilines is 1. The maximum atomic E-state index is 13.5. The smallest absolute Gasteiger partial charge is 0.270 e. The summed E-state index contributed by atoms with van der Waals surface area (Å²) in [6.07, 6.45) is 5.14. The molecule has 1 N–H and O–H groups in total. The lowest BCUT2D eigenvalue weighted by Gasteiger charge is -2.34. The fourth-order valence-corrected chi connectivity index (χ4v) is 5.31. The van der Waals surface area contributed by atoms with Crippen LogP contribution in [0.5, 0.6) is 5.75 Å². The van der Waals surface area contributed by atoms with Crippen LogP contribution in [0.2, 0.25) is 0 Å². The number of likely N-dealkylation sites (tertiary alicyclic amines) is 1. The molecule has 2 saturated heterocycles. The first-order chi connectivity index (χ1) is 18.8. The van der Waals surface area contributed by atoms with E-state index in [1.165, 1.54) is 17.7 Å². The molecule has 2 aliphatic heterocycles. The minimum atomic E-state index is -2.83. The number of benzene rings is 2. The number of alkyl halides is 2. The van der Waals surface area contributed by atoms with Crippen molar-refractivity contribution in [2.24, 2.45) is 0 Å². The first-order valence-electron chi connectivity index (χ1n) is 13.8. The quantitative estimate of drug-likeness (QED) is 0.406. The number of piperidine rings is 2. The number of nitrogens with zero attached hydrogens (tertiary/aromatic N) is 3. The second-order valence-electron chi connectivity index (χ2n) is 10.6. The minimum Gasteiger partial charge on any atom is -0.489 e. The number of hydrogen-bond acceptors (Lipinski definition) is 5. The first kappa shape index (κ1) is 27.1. The molecule has 3 aromatic rings. The van der Waals surface area contributed by atoms with Crippen LogP contribution >= 0.6 is 0 Å². The lowest BCUT2D eigenvalue weighted by molar-refractivity contribution is 0.0175. The number of rotatable bonds is 8. The van der Waals surface area contributed by atoms with Crippen molar-refractivity contribution in [2.75, 3.05) is 31.1 Å². The predicted molar refractivity (Wildman–Crippen MR) is 148 cm³/mol. The zero-order valence-electron chi connectivity index (χ0n) is 22.4. The van der Waals surface area contributed by atoms with Gasteiger partial charge in [-0.25, -0.2) is 13.8 Å². The Labute approximate surface area is 229 Å². The van der Waals surface area contributed by atoms with Crippen molar-refractivity contribution >= 4 is 11.6 Å². The Kier molecular flexibility index (Phi) is 8.41. The Morgan fingerprint density at radius 1 is 0.949 bits per heavy atom. The molecule has 0 atom stereocenters. The van der Waals surface area contributed by atoms with Gasteiger partial charge in [0.25, 0.3) is 11.8 Å². The molecule has 39 heavy (non-hydrogen) atoms. The first-order valence-corrected chi connectivity index (χ1v) is 13.8. The fraction of sp³-hybridized carbons (Fsp3) is 0.419. The zero-order valence-corrected chi connectivity index (χ0v) is 22.4. The van der Waals surface area contributed by atoms with Gasteiger partial charge < -0.3 is 15.0 Å². The molecule has 0 spiro atoms. The van der Waals surface area contributed by atoms with Crippen LogP contribution < -0.4 is 15.0 Å². The van der Waals surface area contributed by atoms with Gasteiger partial charge in [-0.05, 0) is 42.7 Å². The van der Waals surface area contributed by atoms with E-state index < -0.39 is 5.92 Å². The maximum absolute atomic E-state index is 13.5. The normalized spacial score (nSPS) is 17.7. The summed E-state index contributed by atoms with van der Waals surface area (Å²) in [5.74, 6) is -2.33. The fourth-order valence-electron chi connectivity index (χ4n) is 5.31. The van der Waals surface area contributed by atoms with Gasteiger partial charge in [-0.2, -0.15) is 0 Å². The van der Waals surface area contributed by atoms with Crippen LogP contribution in [0.1, 0.15) is 54.2 Å². The Bertz CT molecular complexity index is 1200. The molecule has 3 heterocycles. The van der Waals surface area contributed by atoms with E-state index in [2.05, 4.69) is 44.4 Å². The SMILES string of the molecule is CC(F)(F)c1ccc(N2CCC(Oc3ccc(C(=O)NC4CCN(Cc5ccccc5)CC4)nc3)CC2)cc1. The van der Waals surface area contributed by atoms with Crippen LogP contribution in [-0.2, 0) is 12.5 Å². The van der Waals surface area contributed by atoms with E-state index in [1.54, 1.807) is 30.5 Å². The summed E-state index contributed by atoms with van der Waals surface area (Å²) < 4.78 is 33.1. The molecule has 206 valence electrons. The molecule has 6 nitrogen and oxygen atoms in total. The van der Waals surface area contributed by atoms with Gasteiger partial charge in [-0.1, -0.05) is 42.5 Å². The monoisotopic (exact) mass is 534 g/mol. The van der Waals surface area contributed by atoms with Gasteiger partial charge >= 0.3 is 0 Å². The van der Waals surface area contributed by atoms with Crippen molar-refractivity contribution in [3.8, 4) is 5.75 Å². The largest absolute Gasteiger partial charge is 0.489 e. The third-order valence-electron chi connectivity index (χ3n) is 7.62. The van der Waals surface area contributed by atoms with Crippen LogP contribution in [0.15, 0.2) is 72.9 Å². The van der Waals surface area contributed by atoms with Crippen molar-refractivity contribution in [1.29, 1.82) is 0 Å². The van der Waals surface area contributed by atoms with Crippen molar-refractivity contribution in [3.05, 3.63) is 89.7 Å². The highest BCUT2D eigenvalue weighted by Gasteiger charge is 2.26. The molecular formula is C31H36F2N4O2. The number of ether oxygens (including phenoxy) is 1. The molecule has 0 aliphatic carbocycles. The number of aromatic nitrogens is 1. The molecule has 2 aliphatic rings. The van der Waals surface area contributed by atoms with Gasteiger partial charge in [-0.15, -0.1) is 0 Å². The number of hydrogen-bond donors (Lipinski definition) is 1. The average Bonchev–Trinajstić information content (AvgIpc) is 2.95. The highest BCUT2D eigenvalue weighted by molar-refractivity contribution is 5.92. The lowest BCUT2D eigenvalue weighted by Crippen LogP contribution is -2.44. The summed E-state index contributed by atoms with van der Waals surface area (Å²) in [5, 5.41) is 3.14. The molecule has 0 radical (unpaired) electrons. The molecule has 5 rings (SSSR count). The zero-order chi connectivity index (χ0) is 27.2. The Balaban J connectivity index is 1.04. The van der Waals surface area contributed by atoms with Crippen molar-refractivity contribution in [3.63, 3.8) is 0 Å². The molecule has 2 aromatic carbocycles. The number of amides is 1. The number of nitrogens with one attached hydrogen (secondary N) is 1. The standard InChI is InChI=1S/C31H36F2N4O2/c1-31(32,33)24-7-9-26(10-8-24)37-19-15-27(16-20-37)39-28-11-12-29(34-21-28)30(38)35-25-13-17-36(18-14-25)22-23-5-3-2-4-6-23/h2-12,21,25,27H,13-20,22H2,1H3,(H,35,38). The van der Waals surface area contributed by atoms with Crippen molar-refractivity contribution in [1.82, 2.24) is 15.2 Å². The molecule has 1 amide bonds. The Hall–Kier alpha value is -3.52. The van der Waals surface area contributed by atoms with Crippen LogP contribution in [-0.4, -0.2) is 54.1 Å². The van der Waals surface area contributed by atoms with Gasteiger partial charge in [0.15, 0.2) is 0 Å². The Morgan fingerprint density at radius 3 is 2.26 bits per heavy atom. The van der Waals surface area contributed by atoms with Crippen LogP contribution in [0, 0.1) is 0 Å². The van der Waals surface area contributed by atoms with E-state index in [9.17, 15) is 13.6 Å². The third kappa shape index (κ3) is 7.32. The number of carbonyl (C=O) groups is 1. The van der Waals surface area contributed by atoms with Crippen molar-refractivity contribution < 1.29 is 18.3 Å². The summed E-state index contributed by atoms with van der Waals surface area (Å²) in [4.78, 5) is 21.7. The molecule has 0 saturated carbocycles. The second kappa shape index (κ2) is 12.1. The van der Waals surface area contributed by atoms with Crippen LogP contribution in [0.4, 0.5) is 14.5 Å². The molecule has 1 aromatic heterocycles. The summed E-state index contributed by atoms with van der Waals surface area (Å²) in [6, 6.07) is 20.7. The van der Waals surface area contributed by atoms with Gasteiger partial charge in [-0.3, -0.25) is 9.69 Å². The number of carbonyl (C=O) groups excluding carboxylic acids is 1. The van der Waals surface area contributed by atoms with Gasteiger partial charge in [0.05, 0.1) is 6.20 Å². The highest BCUT2D eigenvalue weighted by Crippen LogP contribution is 2.30. The second-order valence-corrected chi connectivity index (χ2v) is 10.6. The van der Waals surface area contributed by atoms with Gasteiger partial charge in [0.2, 0.25) is 0 Å². The summed E-state index contributed by atoms with van der Waals surface area (Å²) in [5.41, 5.74) is 2.68. The Morgan fingerprint density at radius 2 is 1.64 bits per heavy atom. The predicted octanol–water partition coefficient (Wildman–Crippen LogP) is 5.64. The van der Waals surface area contributed by atoms with E-state index in [4.69, 9.17) is 4.74 Å². The van der Waals surface area contributed by atoms with E-state index in [1.807, 2.05) is 6.07 Å². The molecule has 0 unspecified atom stereocenters. The average molecular weight is 535 g/mol. The van der Waals surface area contributed by atoms with Gasteiger partial charge in [0, 0.05) is 69.8 Å². The summed E-state index contributed by atoms with van der Waals surface area (Å²) in [6.45, 7) is 5.33. The topological polar surface area (TPSA) is 57.7 Å². The maximum Gasteiger partial charge on any atom is 0.270 e.